The Morgan fingerprint density at radius 1 is 1.19 bits per heavy atom. The van der Waals surface area contributed by atoms with Gasteiger partial charge >= 0.3 is 12.1 Å². The average molecular weight is 370 g/mol. The van der Waals surface area contributed by atoms with Crippen LogP contribution in [-0.4, -0.2) is 46.2 Å². The first-order valence-corrected chi connectivity index (χ1v) is 8.99. The molecule has 3 aliphatic rings. The van der Waals surface area contributed by atoms with Crippen LogP contribution in [0.4, 0.5) is 24.9 Å². The van der Waals surface area contributed by atoms with Gasteiger partial charge in [-0.05, 0) is 38.5 Å². The van der Waals surface area contributed by atoms with Gasteiger partial charge in [-0.25, -0.2) is 4.98 Å². The molecule has 3 heterocycles. The molecule has 0 unspecified atom stereocenters. The Morgan fingerprint density at radius 3 is 2.46 bits per heavy atom. The highest BCUT2D eigenvalue weighted by atomic mass is 19.4. The van der Waals surface area contributed by atoms with Crippen LogP contribution in [0.25, 0.3) is 0 Å². The molecule has 26 heavy (non-hydrogen) atoms. The number of hydrogen-bond acceptors (Lipinski definition) is 5. The van der Waals surface area contributed by atoms with Crippen LogP contribution in [0.15, 0.2) is 0 Å². The Kier molecular flexibility index (Phi) is 4.00. The molecule has 0 aromatic carbocycles. The van der Waals surface area contributed by atoms with E-state index in [0.29, 0.717) is 18.9 Å². The lowest BCUT2D eigenvalue weighted by Crippen LogP contribution is -2.48. The average Bonchev–Trinajstić information content (AvgIpc) is 2.92. The number of aromatic nitrogens is 2. The fourth-order valence-electron chi connectivity index (χ4n) is 4.19. The highest BCUT2D eigenvalue weighted by molar-refractivity contribution is 5.68. The molecule has 1 aromatic rings. The summed E-state index contributed by atoms with van der Waals surface area (Å²) in [5.41, 5.74) is -0.691. The number of anilines is 2. The van der Waals surface area contributed by atoms with Crippen molar-refractivity contribution in [3.63, 3.8) is 0 Å². The summed E-state index contributed by atoms with van der Waals surface area (Å²) >= 11 is 0. The molecule has 142 valence electrons. The number of aliphatic carboxylic acids is 1. The number of carboxylic acids is 1. The Labute approximate surface area is 149 Å². The first-order chi connectivity index (χ1) is 12.3. The maximum Gasteiger partial charge on any atom is 0.433 e. The molecule has 4 rings (SSSR count). The first kappa shape index (κ1) is 17.4. The van der Waals surface area contributed by atoms with Crippen molar-refractivity contribution in [2.45, 2.75) is 57.3 Å². The van der Waals surface area contributed by atoms with Crippen molar-refractivity contribution in [1.82, 2.24) is 9.97 Å². The second-order valence-electron chi connectivity index (χ2n) is 7.45. The van der Waals surface area contributed by atoms with Gasteiger partial charge < -0.3 is 14.9 Å². The maximum atomic E-state index is 13.6. The van der Waals surface area contributed by atoms with Crippen molar-refractivity contribution in [3.05, 3.63) is 11.3 Å². The van der Waals surface area contributed by atoms with E-state index in [2.05, 4.69) is 9.97 Å². The molecule has 3 atom stereocenters. The summed E-state index contributed by atoms with van der Waals surface area (Å²) in [5, 5.41) is 9.04. The maximum absolute atomic E-state index is 13.6. The lowest BCUT2D eigenvalue weighted by atomic mass is 9.76. The van der Waals surface area contributed by atoms with Gasteiger partial charge in [-0.3, -0.25) is 4.79 Å². The van der Waals surface area contributed by atoms with Gasteiger partial charge in [0.1, 0.15) is 5.82 Å². The van der Waals surface area contributed by atoms with Crippen molar-refractivity contribution in [2.24, 2.45) is 5.92 Å². The first-order valence-electron chi connectivity index (χ1n) is 8.99. The minimum Gasteiger partial charge on any atom is -0.481 e. The largest absolute Gasteiger partial charge is 0.481 e. The smallest absolute Gasteiger partial charge is 0.433 e. The van der Waals surface area contributed by atoms with Gasteiger partial charge in [0.15, 0.2) is 5.69 Å². The summed E-state index contributed by atoms with van der Waals surface area (Å²) in [7, 11) is 0. The van der Waals surface area contributed by atoms with Gasteiger partial charge in [-0.2, -0.15) is 18.2 Å². The van der Waals surface area contributed by atoms with E-state index < -0.39 is 17.8 Å². The molecule has 1 aromatic heterocycles. The van der Waals surface area contributed by atoms with Crippen LogP contribution in [0.5, 0.6) is 0 Å². The van der Waals surface area contributed by atoms with Crippen LogP contribution < -0.4 is 9.80 Å². The van der Waals surface area contributed by atoms with Gasteiger partial charge in [0.25, 0.3) is 0 Å². The molecule has 1 saturated carbocycles. The number of carbonyl (C=O) groups is 1. The summed E-state index contributed by atoms with van der Waals surface area (Å²) < 4.78 is 40.7. The third kappa shape index (κ3) is 2.77. The summed E-state index contributed by atoms with van der Waals surface area (Å²) in [4.78, 5) is 23.1. The second-order valence-corrected chi connectivity index (χ2v) is 7.45. The van der Waals surface area contributed by atoms with Gasteiger partial charge in [-0.1, -0.05) is 0 Å². The molecule has 0 amide bonds. The van der Waals surface area contributed by atoms with Crippen LogP contribution in [0, 0.1) is 5.92 Å². The number of rotatable bonds is 4. The van der Waals surface area contributed by atoms with Gasteiger partial charge in [0, 0.05) is 30.7 Å². The highest BCUT2D eigenvalue weighted by Crippen LogP contribution is 2.44. The minimum absolute atomic E-state index is 0.0332. The van der Waals surface area contributed by atoms with Gasteiger partial charge in [0.2, 0.25) is 5.95 Å². The van der Waals surface area contributed by atoms with Crippen molar-refractivity contribution < 1.29 is 23.1 Å². The van der Waals surface area contributed by atoms with E-state index in [-0.39, 0.29) is 42.4 Å². The summed E-state index contributed by atoms with van der Waals surface area (Å²) in [5.74, 6) is -0.417. The predicted molar refractivity (Wildman–Crippen MR) is 88.3 cm³/mol. The van der Waals surface area contributed by atoms with Crippen molar-refractivity contribution in [2.75, 3.05) is 22.9 Å². The van der Waals surface area contributed by atoms with Crippen LogP contribution in [0.2, 0.25) is 0 Å². The molecule has 0 radical (unpaired) electrons. The molecule has 1 N–H and O–H groups in total. The zero-order valence-corrected chi connectivity index (χ0v) is 14.5. The molecule has 1 aliphatic carbocycles. The van der Waals surface area contributed by atoms with Crippen LogP contribution >= 0.6 is 0 Å². The van der Waals surface area contributed by atoms with E-state index >= 15 is 0 Å². The Morgan fingerprint density at radius 2 is 1.96 bits per heavy atom. The Hall–Kier alpha value is -2.06. The standard InChI is InChI=1S/C17H21F3N4O2/c1-9-4-6-23(9)16-21-14(17(18,19)20)11-5-7-24(15(11)22-16)12-3-2-10(12)8-13(25)26/h9-10,12H,2-8H2,1H3,(H,25,26)/t9-,10+,12+/m0/s1. The molecular weight excluding hydrogens is 349 g/mol. The van der Waals surface area contributed by atoms with E-state index in [1.165, 1.54) is 0 Å². The molecule has 2 fully saturated rings. The highest BCUT2D eigenvalue weighted by Gasteiger charge is 2.45. The van der Waals surface area contributed by atoms with Crippen molar-refractivity contribution in [3.8, 4) is 0 Å². The van der Waals surface area contributed by atoms with Crippen LogP contribution in [0.3, 0.4) is 0 Å². The molecule has 2 aliphatic heterocycles. The topological polar surface area (TPSA) is 69.6 Å². The molecule has 0 bridgehead atoms. The number of hydrogen-bond donors (Lipinski definition) is 1. The fourth-order valence-corrected chi connectivity index (χ4v) is 4.19. The minimum atomic E-state index is -4.52. The quantitative estimate of drug-likeness (QED) is 0.879. The van der Waals surface area contributed by atoms with E-state index in [0.717, 1.165) is 19.3 Å². The third-order valence-corrected chi connectivity index (χ3v) is 5.91. The number of nitrogens with zero attached hydrogens (tertiary/aromatic N) is 4. The summed E-state index contributed by atoms with van der Waals surface area (Å²) in [6.07, 6.45) is -1.74. The zero-order chi connectivity index (χ0) is 18.6. The van der Waals surface area contributed by atoms with Gasteiger partial charge in [0.05, 0.1) is 6.42 Å². The predicted octanol–water partition coefficient (Wildman–Crippen LogP) is 2.71. The van der Waals surface area contributed by atoms with Crippen molar-refractivity contribution >= 4 is 17.7 Å². The lowest BCUT2D eigenvalue weighted by molar-refractivity contribution is -0.141. The van der Waals surface area contributed by atoms with E-state index in [9.17, 15) is 18.0 Å². The number of carboxylic acid groups (broad SMARTS) is 1. The molecule has 1 saturated heterocycles. The summed E-state index contributed by atoms with van der Waals surface area (Å²) in [6.45, 7) is 3.04. The van der Waals surface area contributed by atoms with E-state index in [4.69, 9.17) is 5.11 Å². The number of fused-ring (bicyclic) bond motifs is 1. The third-order valence-electron chi connectivity index (χ3n) is 5.91. The van der Waals surface area contributed by atoms with E-state index in [1.807, 2.05) is 11.8 Å². The lowest BCUT2D eigenvalue weighted by Gasteiger charge is -2.43. The Bertz CT molecular complexity index is 739. The molecule has 9 heteroatoms. The Balaban J connectivity index is 1.70. The van der Waals surface area contributed by atoms with Crippen molar-refractivity contribution in [1.29, 1.82) is 0 Å². The van der Waals surface area contributed by atoms with Crippen LogP contribution in [-0.2, 0) is 17.4 Å². The molecule has 6 nitrogen and oxygen atoms in total. The SMILES string of the molecule is C[C@H]1CCN1c1nc2c(c(C(F)(F)F)n1)CCN2[C@@H]1CC[C@@H]1CC(=O)O. The van der Waals surface area contributed by atoms with E-state index in [1.54, 1.807) is 4.90 Å². The number of alkyl halides is 3. The number of halogens is 3. The molecular formula is C17H21F3N4O2. The second kappa shape index (κ2) is 5.99. The zero-order valence-electron chi connectivity index (χ0n) is 14.5. The van der Waals surface area contributed by atoms with Crippen LogP contribution in [0.1, 0.15) is 43.9 Å². The van der Waals surface area contributed by atoms with Gasteiger partial charge in [-0.15, -0.1) is 0 Å². The summed E-state index contributed by atoms with van der Waals surface area (Å²) in [6, 6.07) is 0.0810. The molecule has 0 spiro atoms. The fraction of sp³-hybridized carbons (Fsp3) is 0.706. The monoisotopic (exact) mass is 370 g/mol. The normalized spacial score (nSPS) is 27.8.